The summed E-state index contributed by atoms with van der Waals surface area (Å²) >= 11 is 0. The normalized spacial score (nSPS) is 19.4. The van der Waals surface area contributed by atoms with E-state index < -0.39 is 0 Å². The molecule has 2 rings (SSSR count). The molecule has 0 radical (unpaired) electrons. The Balaban J connectivity index is 1.87. The molecule has 2 N–H and O–H groups in total. The summed E-state index contributed by atoms with van der Waals surface area (Å²) in [6, 6.07) is 8.50. The number of carbonyl (C=O) groups is 1. The molecule has 1 aliphatic heterocycles. The Hall–Kier alpha value is -1.39. The maximum absolute atomic E-state index is 12.2. The second-order valence-corrected chi connectivity index (χ2v) is 5.93. The first kappa shape index (κ1) is 16.0. The first-order valence-electron chi connectivity index (χ1n) is 7.94. The molecule has 1 atom stereocenters. The summed E-state index contributed by atoms with van der Waals surface area (Å²) in [6.45, 7) is 4.59. The molecule has 0 aliphatic carbocycles. The van der Waals surface area contributed by atoms with Gasteiger partial charge in [0, 0.05) is 11.7 Å². The lowest BCUT2D eigenvalue weighted by Crippen LogP contribution is -2.44. The van der Waals surface area contributed by atoms with Crippen molar-refractivity contribution in [3.63, 3.8) is 0 Å². The van der Waals surface area contributed by atoms with Crippen LogP contribution in [0.1, 0.15) is 31.2 Å². The monoisotopic (exact) mass is 289 g/mol. The SMILES string of the molecule is CNCCC1CCCCN1CC(=O)Nc1cccc(C)c1. The number of nitrogens with zero attached hydrogens (tertiary/aromatic N) is 1. The van der Waals surface area contributed by atoms with E-state index in [2.05, 4.69) is 15.5 Å². The van der Waals surface area contributed by atoms with Crippen LogP contribution in [0.15, 0.2) is 24.3 Å². The van der Waals surface area contributed by atoms with Gasteiger partial charge in [0.2, 0.25) is 5.91 Å². The Labute approximate surface area is 127 Å². The van der Waals surface area contributed by atoms with E-state index in [1.54, 1.807) is 0 Å². The van der Waals surface area contributed by atoms with Crippen molar-refractivity contribution in [2.45, 2.75) is 38.6 Å². The lowest BCUT2D eigenvalue weighted by atomic mass is 9.99. The topological polar surface area (TPSA) is 44.4 Å². The molecular formula is C17H27N3O. The average molecular weight is 289 g/mol. The van der Waals surface area contributed by atoms with Gasteiger partial charge in [0.25, 0.3) is 0 Å². The van der Waals surface area contributed by atoms with E-state index >= 15 is 0 Å². The van der Waals surface area contributed by atoms with Gasteiger partial charge in [-0.1, -0.05) is 18.6 Å². The van der Waals surface area contributed by atoms with E-state index in [1.165, 1.54) is 19.3 Å². The highest BCUT2D eigenvalue weighted by molar-refractivity contribution is 5.92. The van der Waals surface area contributed by atoms with Gasteiger partial charge in [0.1, 0.15) is 0 Å². The van der Waals surface area contributed by atoms with Crippen molar-refractivity contribution >= 4 is 11.6 Å². The molecule has 1 fully saturated rings. The van der Waals surface area contributed by atoms with Gasteiger partial charge in [0.05, 0.1) is 6.54 Å². The fourth-order valence-electron chi connectivity index (χ4n) is 3.01. The Bertz CT molecular complexity index is 461. The fourth-order valence-corrected chi connectivity index (χ4v) is 3.01. The van der Waals surface area contributed by atoms with E-state index in [0.29, 0.717) is 12.6 Å². The summed E-state index contributed by atoms with van der Waals surface area (Å²) in [5, 5.41) is 6.22. The zero-order valence-corrected chi connectivity index (χ0v) is 13.2. The third-order valence-electron chi connectivity index (χ3n) is 4.13. The molecule has 1 aromatic rings. The highest BCUT2D eigenvalue weighted by Crippen LogP contribution is 2.19. The summed E-state index contributed by atoms with van der Waals surface area (Å²) in [6.07, 6.45) is 4.81. The van der Waals surface area contributed by atoms with Crippen molar-refractivity contribution in [1.82, 2.24) is 10.2 Å². The maximum atomic E-state index is 12.2. The smallest absolute Gasteiger partial charge is 0.238 e. The molecule has 1 heterocycles. The maximum Gasteiger partial charge on any atom is 0.238 e. The Morgan fingerprint density at radius 1 is 1.38 bits per heavy atom. The van der Waals surface area contributed by atoms with Crippen molar-refractivity contribution in [2.24, 2.45) is 0 Å². The van der Waals surface area contributed by atoms with Gasteiger partial charge in [-0.25, -0.2) is 0 Å². The Kier molecular flexibility index (Phi) is 6.21. The summed E-state index contributed by atoms with van der Waals surface area (Å²) in [5.41, 5.74) is 2.06. The third kappa shape index (κ3) is 5.14. The van der Waals surface area contributed by atoms with Crippen LogP contribution < -0.4 is 10.6 Å². The number of amides is 1. The molecule has 1 amide bonds. The van der Waals surface area contributed by atoms with Crippen LogP contribution in [-0.4, -0.2) is 43.5 Å². The molecule has 4 nitrogen and oxygen atoms in total. The highest BCUT2D eigenvalue weighted by atomic mass is 16.2. The van der Waals surface area contributed by atoms with Crippen LogP contribution in [0.2, 0.25) is 0 Å². The lowest BCUT2D eigenvalue weighted by Gasteiger charge is -2.35. The number of benzene rings is 1. The van der Waals surface area contributed by atoms with Gasteiger partial charge >= 0.3 is 0 Å². The molecule has 0 saturated carbocycles. The minimum Gasteiger partial charge on any atom is -0.325 e. The van der Waals surface area contributed by atoms with Crippen LogP contribution in [0.25, 0.3) is 0 Å². The van der Waals surface area contributed by atoms with Crippen LogP contribution in [0, 0.1) is 6.92 Å². The standard InChI is InChI=1S/C17H27N3O/c1-14-6-5-7-15(12-14)19-17(21)13-20-11-4-3-8-16(20)9-10-18-2/h5-7,12,16,18H,3-4,8-11,13H2,1-2H3,(H,19,21). The number of hydrogen-bond acceptors (Lipinski definition) is 3. The molecule has 1 aromatic carbocycles. The zero-order valence-electron chi connectivity index (χ0n) is 13.2. The van der Waals surface area contributed by atoms with E-state index in [4.69, 9.17) is 0 Å². The van der Waals surface area contributed by atoms with Gasteiger partial charge in [-0.15, -0.1) is 0 Å². The van der Waals surface area contributed by atoms with Crippen LogP contribution >= 0.6 is 0 Å². The number of rotatable bonds is 6. The number of piperidine rings is 1. The molecule has 1 aliphatic rings. The fraction of sp³-hybridized carbons (Fsp3) is 0.588. The van der Waals surface area contributed by atoms with Crippen molar-refractivity contribution in [3.05, 3.63) is 29.8 Å². The predicted molar refractivity (Wildman–Crippen MR) is 87.6 cm³/mol. The summed E-state index contributed by atoms with van der Waals surface area (Å²) in [4.78, 5) is 14.6. The number of likely N-dealkylation sites (tertiary alicyclic amines) is 1. The van der Waals surface area contributed by atoms with Crippen molar-refractivity contribution < 1.29 is 4.79 Å². The van der Waals surface area contributed by atoms with Gasteiger partial charge in [-0.3, -0.25) is 9.69 Å². The van der Waals surface area contributed by atoms with E-state index in [-0.39, 0.29) is 5.91 Å². The number of aryl methyl sites for hydroxylation is 1. The van der Waals surface area contributed by atoms with Gasteiger partial charge in [-0.05, 0) is 64.0 Å². The van der Waals surface area contributed by atoms with E-state index in [1.807, 2.05) is 38.2 Å². The summed E-state index contributed by atoms with van der Waals surface area (Å²) in [7, 11) is 1.98. The van der Waals surface area contributed by atoms with Crippen LogP contribution in [0.4, 0.5) is 5.69 Å². The molecule has 1 unspecified atom stereocenters. The largest absolute Gasteiger partial charge is 0.325 e. The van der Waals surface area contributed by atoms with Gasteiger partial charge in [0.15, 0.2) is 0 Å². The van der Waals surface area contributed by atoms with Crippen LogP contribution in [-0.2, 0) is 4.79 Å². The van der Waals surface area contributed by atoms with Crippen LogP contribution in [0.5, 0.6) is 0 Å². The Morgan fingerprint density at radius 3 is 3.00 bits per heavy atom. The quantitative estimate of drug-likeness (QED) is 0.845. The summed E-state index contributed by atoms with van der Waals surface area (Å²) in [5.74, 6) is 0.0944. The van der Waals surface area contributed by atoms with Crippen molar-refractivity contribution in [1.29, 1.82) is 0 Å². The average Bonchev–Trinajstić information content (AvgIpc) is 2.46. The number of carbonyl (C=O) groups excluding carboxylic acids is 1. The minimum atomic E-state index is 0.0944. The number of anilines is 1. The first-order chi connectivity index (χ1) is 10.2. The molecule has 0 bridgehead atoms. The van der Waals surface area contributed by atoms with Gasteiger partial charge in [-0.2, -0.15) is 0 Å². The second-order valence-electron chi connectivity index (χ2n) is 5.93. The highest BCUT2D eigenvalue weighted by Gasteiger charge is 2.23. The van der Waals surface area contributed by atoms with Crippen molar-refractivity contribution in [2.75, 3.05) is 32.0 Å². The molecule has 0 spiro atoms. The summed E-state index contributed by atoms with van der Waals surface area (Å²) < 4.78 is 0. The minimum absolute atomic E-state index is 0.0944. The molecule has 21 heavy (non-hydrogen) atoms. The number of nitrogens with one attached hydrogen (secondary N) is 2. The molecular weight excluding hydrogens is 262 g/mol. The molecule has 1 saturated heterocycles. The van der Waals surface area contributed by atoms with Gasteiger partial charge < -0.3 is 10.6 Å². The Morgan fingerprint density at radius 2 is 2.24 bits per heavy atom. The number of hydrogen-bond donors (Lipinski definition) is 2. The van der Waals surface area contributed by atoms with Crippen molar-refractivity contribution in [3.8, 4) is 0 Å². The van der Waals surface area contributed by atoms with Crippen LogP contribution in [0.3, 0.4) is 0 Å². The van der Waals surface area contributed by atoms with E-state index in [9.17, 15) is 4.79 Å². The van der Waals surface area contributed by atoms with E-state index in [0.717, 1.165) is 30.8 Å². The lowest BCUT2D eigenvalue weighted by molar-refractivity contribution is -0.118. The molecule has 116 valence electrons. The predicted octanol–water partition coefficient (Wildman–Crippen LogP) is 2.40. The second kappa shape index (κ2) is 8.15. The zero-order chi connectivity index (χ0) is 15.1. The molecule has 4 heteroatoms. The first-order valence-corrected chi connectivity index (χ1v) is 7.94. The molecule has 0 aromatic heterocycles. The third-order valence-corrected chi connectivity index (χ3v) is 4.13.